The minimum absolute atomic E-state index is 0.0982. The van der Waals surface area contributed by atoms with Crippen LogP contribution in [0.1, 0.15) is 36.5 Å². The molecule has 2 atom stereocenters. The molecule has 2 unspecified atom stereocenters. The second kappa shape index (κ2) is 7.30. The number of nitrogens with one attached hydrogen (secondary N) is 1. The Morgan fingerprint density at radius 1 is 1.27 bits per heavy atom. The summed E-state index contributed by atoms with van der Waals surface area (Å²) in [4.78, 5) is 22.2. The lowest BCUT2D eigenvalue weighted by molar-refractivity contribution is -0.131. The summed E-state index contributed by atoms with van der Waals surface area (Å²) in [5, 5.41) is 11.5. The third-order valence-corrected chi connectivity index (χ3v) is 5.26. The van der Waals surface area contributed by atoms with Gasteiger partial charge in [-0.3, -0.25) is 4.79 Å². The number of rotatable bonds is 5. The van der Waals surface area contributed by atoms with Crippen LogP contribution in [0.2, 0.25) is 0 Å². The van der Waals surface area contributed by atoms with Crippen LogP contribution >= 0.6 is 0 Å². The van der Waals surface area contributed by atoms with Crippen molar-refractivity contribution in [2.45, 2.75) is 37.8 Å². The van der Waals surface area contributed by atoms with Crippen LogP contribution in [-0.4, -0.2) is 38.5 Å². The Bertz CT molecular complexity index is 890. The van der Waals surface area contributed by atoms with Gasteiger partial charge >= 0.3 is 0 Å². The van der Waals surface area contributed by atoms with E-state index in [2.05, 4.69) is 9.97 Å². The fourth-order valence-electron chi connectivity index (χ4n) is 3.90. The number of hydrogen-bond donors (Lipinski definition) is 2. The zero-order valence-electron chi connectivity index (χ0n) is 14.6. The lowest BCUT2D eigenvalue weighted by Crippen LogP contribution is -2.37. The quantitative estimate of drug-likeness (QED) is 0.743. The number of aliphatic hydroxyl groups excluding tert-OH is 1. The molecular weight excluding hydrogens is 326 g/mol. The largest absolute Gasteiger partial charge is 0.388 e. The lowest BCUT2D eigenvalue weighted by Gasteiger charge is -2.27. The SMILES string of the molecule is O=C(Cc1c[nH]c2ncccc12)N1CCCC1CC(O)c1ccccc1. The summed E-state index contributed by atoms with van der Waals surface area (Å²) in [6.45, 7) is 0.769. The molecular formula is C21H23N3O2. The fourth-order valence-corrected chi connectivity index (χ4v) is 3.90. The van der Waals surface area contributed by atoms with Crippen molar-refractivity contribution in [1.29, 1.82) is 0 Å². The highest BCUT2D eigenvalue weighted by Gasteiger charge is 2.30. The highest BCUT2D eigenvalue weighted by molar-refractivity contribution is 5.87. The number of nitrogens with zero attached hydrogens (tertiary/aromatic N) is 2. The zero-order chi connectivity index (χ0) is 17.9. The number of amides is 1. The van der Waals surface area contributed by atoms with Crippen molar-refractivity contribution < 1.29 is 9.90 Å². The number of hydrogen-bond acceptors (Lipinski definition) is 3. The third kappa shape index (κ3) is 3.35. The monoisotopic (exact) mass is 349 g/mol. The smallest absolute Gasteiger partial charge is 0.227 e. The van der Waals surface area contributed by atoms with Gasteiger partial charge in [0.15, 0.2) is 0 Å². The van der Waals surface area contributed by atoms with Crippen LogP contribution in [0.15, 0.2) is 54.9 Å². The highest BCUT2D eigenvalue weighted by atomic mass is 16.3. The maximum atomic E-state index is 12.9. The first kappa shape index (κ1) is 16.8. The number of fused-ring (bicyclic) bond motifs is 1. The zero-order valence-corrected chi connectivity index (χ0v) is 14.6. The summed E-state index contributed by atoms with van der Waals surface area (Å²) >= 11 is 0. The molecule has 4 rings (SSSR count). The average Bonchev–Trinajstić information content (AvgIpc) is 3.30. The Morgan fingerprint density at radius 2 is 2.12 bits per heavy atom. The van der Waals surface area contributed by atoms with Crippen molar-refractivity contribution in [1.82, 2.24) is 14.9 Å². The molecule has 2 aromatic heterocycles. The Hall–Kier alpha value is -2.66. The van der Waals surface area contributed by atoms with Gasteiger partial charge in [0.2, 0.25) is 5.91 Å². The van der Waals surface area contributed by atoms with Gasteiger partial charge in [-0.1, -0.05) is 30.3 Å². The highest BCUT2D eigenvalue weighted by Crippen LogP contribution is 2.28. The molecule has 5 heteroatoms. The van der Waals surface area contributed by atoms with Gasteiger partial charge in [-0.2, -0.15) is 0 Å². The van der Waals surface area contributed by atoms with Crippen molar-refractivity contribution in [2.75, 3.05) is 6.54 Å². The van der Waals surface area contributed by atoms with E-state index in [1.54, 1.807) is 6.20 Å². The molecule has 5 nitrogen and oxygen atoms in total. The molecule has 1 saturated heterocycles. The summed E-state index contributed by atoms with van der Waals surface area (Å²) in [5.74, 6) is 0.123. The number of likely N-dealkylation sites (tertiary alicyclic amines) is 1. The van der Waals surface area contributed by atoms with E-state index in [0.717, 1.165) is 41.5 Å². The van der Waals surface area contributed by atoms with Crippen LogP contribution in [0.25, 0.3) is 11.0 Å². The molecule has 3 aromatic rings. The van der Waals surface area contributed by atoms with Crippen molar-refractivity contribution in [3.05, 3.63) is 66.0 Å². The van der Waals surface area contributed by atoms with Gasteiger partial charge in [0.05, 0.1) is 12.5 Å². The van der Waals surface area contributed by atoms with Crippen molar-refractivity contribution >= 4 is 16.9 Å². The van der Waals surface area contributed by atoms with Gasteiger partial charge in [-0.25, -0.2) is 4.98 Å². The minimum Gasteiger partial charge on any atom is -0.388 e. The molecule has 26 heavy (non-hydrogen) atoms. The van der Waals surface area contributed by atoms with Gasteiger partial charge in [-0.05, 0) is 42.5 Å². The van der Waals surface area contributed by atoms with Crippen molar-refractivity contribution in [2.24, 2.45) is 0 Å². The first-order chi connectivity index (χ1) is 12.7. The fraction of sp³-hybridized carbons (Fsp3) is 0.333. The van der Waals surface area contributed by atoms with E-state index in [1.807, 2.05) is 53.6 Å². The van der Waals surface area contributed by atoms with E-state index in [1.165, 1.54) is 0 Å². The van der Waals surface area contributed by atoms with Gasteiger partial charge < -0.3 is 15.0 Å². The summed E-state index contributed by atoms with van der Waals surface area (Å²) < 4.78 is 0. The number of carbonyl (C=O) groups is 1. The van der Waals surface area contributed by atoms with E-state index in [-0.39, 0.29) is 11.9 Å². The normalized spacial score (nSPS) is 18.3. The number of aromatic amines is 1. The third-order valence-electron chi connectivity index (χ3n) is 5.26. The van der Waals surface area contributed by atoms with Crippen molar-refractivity contribution in [3.8, 4) is 0 Å². The van der Waals surface area contributed by atoms with E-state index >= 15 is 0 Å². The number of H-pyrrole nitrogens is 1. The van der Waals surface area contributed by atoms with Crippen LogP contribution in [0.4, 0.5) is 0 Å². The van der Waals surface area contributed by atoms with Crippen LogP contribution in [0.3, 0.4) is 0 Å². The molecule has 0 aliphatic carbocycles. The van der Waals surface area contributed by atoms with Gasteiger partial charge in [0.1, 0.15) is 5.65 Å². The summed E-state index contributed by atoms with van der Waals surface area (Å²) in [7, 11) is 0. The molecule has 0 saturated carbocycles. The van der Waals surface area contributed by atoms with E-state index in [9.17, 15) is 9.90 Å². The van der Waals surface area contributed by atoms with Gasteiger partial charge in [0.25, 0.3) is 0 Å². The second-order valence-electron chi connectivity index (χ2n) is 6.94. The van der Waals surface area contributed by atoms with Crippen LogP contribution in [0, 0.1) is 0 Å². The second-order valence-corrected chi connectivity index (χ2v) is 6.94. The molecule has 0 spiro atoms. The Morgan fingerprint density at radius 3 is 2.96 bits per heavy atom. The maximum Gasteiger partial charge on any atom is 0.227 e. The van der Waals surface area contributed by atoms with Crippen LogP contribution < -0.4 is 0 Å². The Balaban J connectivity index is 1.45. The first-order valence-corrected chi connectivity index (χ1v) is 9.16. The Labute approximate surface area is 152 Å². The number of pyridine rings is 1. The standard InChI is InChI=1S/C21H23N3O2/c25-19(15-6-2-1-3-7-15)13-17-8-5-11-24(17)20(26)12-16-14-23-21-18(16)9-4-10-22-21/h1-4,6-7,9-10,14,17,19,25H,5,8,11-13H2,(H,22,23). The summed E-state index contributed by atoms with van der Waals surface area (Å²) in [6.07, 6.45) is 5.98. The number of benzene rings is 1. The molecule has 0 bridgehead atoms. The predicted octanol–water partition coefficient (Wildman–Crippen LogP) is 3.22. The van der Waals surface area contributed by atoms with E-state index in [0.29, 0.717) is 12.8 Å². The topological polar surface area (TPSA) is 69.2 Å². The summed E-state index contributed by atoms with van der Waals surface area (Å²) in [5.41, 5.74) is 2.70. The number of carbonyl (C=O) groups excluding carboxylic acids is 1. The maximum absolute atomic E-state index is 12.9. The molecule has 2 N–H and O–H groups in total. The molecule has 1 fully saturated rings. The number of aromatic nitrogens is 2. The predicted molar refractivity (Wildman–Crippen MR) is 101 cm³/mol. The molecule has 3 heterocycles. The molecule has 1 aliphatic heterocycles. The lowest BCUT2D eigenvalue weighted by atomic mass is 10.00. The minimum atomic E-state index is -0.535. The van der Waals surface area contributed by atoms with Crippen LogP contribution in [-0.2, 0) is 11.2 Å². The summed E-state index contributed by atoms with van der Waals surface area (Å²) in [6, 6.07) is 13.7. The Kier molecular flexibility index (Phi) is 4.71. The van der Waals surface area contributed by atoms with E-state index in [4.69, 9.17) is 0 Å². The molecule has 0 radical (unpaired) electrons. The number of aliphatic hydroxyl groups is 1. The van der Waals surface area contributed by atoms with Gasteiger partial charge in [0, 0.05) is 30.4 Å². The van der Waals surface area contributed by atoms with Crippen molar-refractivity contribution in [3.63, 3.8) is 0 Å². The van der Waals surface area contributed by atoms with E-state index < -0.39 is 6.10 Å². The molecule has 1 amide bonds. The first-order valence-electron chi connectivity index (χ1n) is 9.16. The average molecular weight is 349 g/mol. The molecule has 1 aromatic carbocycles. The van der Waals surface area contributed by atoms with Crippen LogP contribution in [0.5, 0.6) is 0 Å². The van der Waals surface area contributed by atoms with Gasteiger partial charge in [-0.15, -0.1) is 0 Å². The molecule has 1 aliphatic rings. The molecule has 134 valence electrons.